The van der Waals surface area contributed by atoms with Crippen molar-refractivity contribution >= 4 is 45.1 Å². The van der Waals surface area contributed by atoms with E-state index in [4.69, 9.17) is 16.7 Å². The van der Waals surface area contributed by atoms with Crippen LogP contribution in [0.25, 0.3) is 0 Å². The van der Waals surface area contributed by atoms with Gasteiger partial charge in [0, 0.05) is 23.1 Å². The summed E-state index contributed by atoms with van der Waals surface area (Å²) in [6.45, 7) is 0.359. The first-order chi connectivity index (χ1) is 10.8. The molecule has 9 heteroatoms. The lowest BCUT2D eigenvalue weighted by Gasteiger charge is -2.34. The molecular weight excluding hydrogens is 362 g/mol. The topological polar surface area (TPSA) is 91.8 Å². The maximum Gasteiger partial charge on any atom is 0.305 e. The first-order valence-electron chi connectivity index (χ1n) is 6.87. The molecule has 1 unspecified atom stereocenters. The summed E-state index contributed by atoms with van der Waals surface area (Å²) >= 11 is 7.29. The van der Waals surface area contributed by atoms with Gasteiger partial charge in [-0.15, -0.1) is 0 Å². The molecule has 0 saturated carbocycles. The lowest BCUT2D eigenvalue weighted by Crippen LogP contribution is -2.49. The van der Waals surface area contributed by atoms with Crippen molar-refractivity contribution in [3.8, 4) is 0 Å². The number of thioether (sulfide) groups is 1. The summed E-state index contributed by atoms with van der Waals surface area (Å²) in [4.78, 5) is 24.7. The Morgan fingerprint density at radius 1 is 1.30 bits per heavy atom. The van der Waals surface area contributed by atoms with Crippen LogP contribution in [0.3, 0.4) is 0 Å². The van der Waals surface area contributed by atoms with Gasteiger partial charge in [0.1, 0.15) is 5.75 Å². The number of halogens is 1. The highest BCUT2D eigenvalue weighted by molar-refractivity contribution is 7.99. The zero-order valence-electron chi connectivity index (χ0n) is 12.1. The second kappa shape index (κ2) is 7.55. The van der Waals surface area contributed by atoms with Gasteiger partial charge >= 0.3 is 5.97 Å². The van der Waals surface area contributed by atoms with Gasteiger partial charge in [0.2, 0.25) is 5.91 Å². The molecule has 0 aliphatic carbocycles. The Bertz CT molecular complexity index is 690. The molecule has 6 nitrogen and oxygen atoms in total. The Morgan fingerprint density at radius 3 is 2.57 bits per heavy atom. The van der Waals surface area contributed by atoms with Crippen molar-refractivity contribution in [1.82, 2.24) is 4.90 Å². The number of hydrogen-bond acceptors (Lipinski definition) is 5. The Hall–Kier alpha value is -1.25. The molecule has 0 bridgehead atoms. The van der Waals surface area contributed by atoms with E-state index < -0.39 is 33.5 Å². The van der Waals surface area contributed by atoms with E-state index in [9.17, 15) is 18.0 Å². The summed E-state index contributed by atoms with van der Waals surface area (Å²) in [6, 6.07) is 5.13. The van der Waals surface area contributed by atoms with Crippen molar-refractivity contribution in [1.29, 1.82) is 0 Å². The highest BCUT2D eigenvalue weighted by atomic mass is 35.5. The summed E-state index contributed by atoms with van der Waals surface area (Å²) in [5.41, 5.74) is 0. The summed E-state index contributed by atoms with van der Waals surface area (Å²) in [5, 5.41) is 9.33. The molecule has 23 heavy (non-hydrogen) atoms. The Labute approximate surface area is 143 Å². The number of nitrogens with zero attached hydrogens (tertiary/aromatic N) is 1. The molecule has 1 fully saturated rings. The van der Waals surface area contributed by atoms with Crippen LogP contribution < -0.4 is 0 Å². The van der Waals surface area contributed by atoms with E-state index in [0.717, 1.165) is 0 Å². The van der Waals surface area contributed by atoms with Crippen molar-refractivity contribution < 1.29 is 23.1 Å². The number of amides is 1. The van der Waals surface area contributed by atoms with Gasteiger partial charge in [-0.1, -0.05) is 11.6 Å². The number of sulfone groups is 1. The van der Waals surface area contributed by atoms with E-state index in [2.05, 4.69) is 0 Å². The van der Waals surface area contributed by atoms with Gasteiger partial charge in [-0.2, -0.15) is 11.8 Å². The third-order valence-corrected chi connectivity index (χ3v) is 6.41. The van der Waals surface area contributed by atoms with Gasteiger partial charge in [0.05, 0.1) is 17.4 Å². The van der Waals surface area contributed by atoms with Crippen LogP contribution in [-0.4, -0.2) is 60.1 Å². The smallest absolute Gasteiger partial charge is 0.305 e. The molecule has 1 heterocycles. The Morgan fingerprint density at radius 2 is 1.96 bits per heavy atom. The monoisotopic (exact) mass is 377 g/mol. The molecule has 1 amide bonds. The molecular formula is C14H16ClNO5S2. The number of hydrogen-bond donors (Lipinski definition) is 1. The summed E-state index contributed by atoms with van der Waals surface area (Å²) < 4.78 is 24.6. The Balaban J connectivity index is 2.12. The van der Waals surface area contributed by atoms with Crippen LogP contribution in [0.15, 0.2) is 29.2 Å². The van der Waals surface area contributed by atoms with Crippen LogP contribution in [0.4, 0.5) is 0 Å². The van der Waals surface area contributed by atoms with E-state index in [0.29, 0.717) is 23.1 Å². The molecule has 2 rings (SSSR count). The summed E-state index contributed by atoms with van der Waals surface area (Å²) in [7, 11) is -3.78. The van der Waals surface area contributed by atoms with Crippen molar-refractivity contribution in [2.45, 2.75) is 17.4 Å². The van der Waals surface area contributed by atoms with Crippen molar-refractivity contribution in [2.24, 2.45) is 0 Å². The molecule has 1 atom stereocenters. The van der Waals surface area contributed by atoms with Crippen LogP contribution >= 0.6 is 23.4 Å². The third kappa shape index (κ3) is 4.86. The molecule has 1 aliphatic rings. The van der Waals surface area contributed by atoms with E-state index in [1.54, 1.807) is 11.8 Å². The van der Waals surface area contributed by atoms with Gasteiger partial charge in [0.25, 0.3) is 0 Å². The number of carbonyl (C=O) groups is 2. The maximum absolute atomic E-state index is 12.4. The molecule has 0 spiro atoms. The van der Waals surface area contributed by atoms with Crippen LogP contribution in [0.2, 0.25) is 5.02 Å². The second-order valence-corrected chi connectivity index (χ2v) is 8.70. The zero-order chi connectivity index (χ0) is 17.0. The summed E-state index contributed by atoms with van der Waals surface area (Å²) in [5.74, 6) is -1.07. The fourth-order valence-corrected chi connectivity index (χ4v) is 4.72. The third-order valence-electron chi connectivity index (χ3n) is 3.44. The predicted molar refractivity (Wildman–Crippen MR) is 88.6 cm³/mol. The zero-order valence-corrected chi connectivity index (χ0v) is 14.5. The maximum atomic E-state index is 12.4. The van der Waals surface area contributed by atoms with E-state index in [1.807, 2.05) is 0 Å². The minimum atomic E-state index is -3.78. The minimum absolute atomic E-state index is 0.0245. The number of carboxylic acid groups (broad SMARTS) is 1. The van der Waals surface area contributed by atoms with Crippen molar-refractivity contribution in [3.05, 3.63) is 29.3 Å². The van der Waals surface area contributed by atoms with E-state index in [1.165, 1.54) is 29.2 Å². The van der Waals surface area contributed by atoms with Crippen LogP contribution in [0.5, 0.6) is 0 Å². The largest absolute Gasteiger partial charge is 0.481 e. The number of benzene rings is 1. The molecule has 1 N–H and O–H groups in total. The first kappa shape index (κ1) is 18.1. The Kier molecular flexibility index (Phi) is 5.94. The molecule has 126 valence electrons. The van der Waals surface area contributed by atoms with Crippen LogP contribution in [-0.2, 0) is 19.4 Å². The van der Waals surface area contributed by atoms with E-state index in [-0.39, 0.29) is 11.3 Å². The highest BCUT2D eigenvalue weighted by Crippen LogP contribution is 2.21. The first-order valence-corrected chi connectivity index (χ1v) is 10.1. The molecule has 0 radical (unpaired) electrons. The molecule has 1 aromatic rings. The number of carbonyl (C=O) groups excluding carboxylic acids is 1. The van der Waals surface area contributed by atoms with Gasteiger partial charge in [-0.05, 0) is 24.3 Å². The van der Waals surface area contributed by atoms with Crippen molar-refractivity contribution in [3.63, 3.8) is 0 Å². The number of rotatable bonds is 5. The average Bonchev–Trinajstić information content (AvgIpc) is 2.47. The number of carboxylic acids is 1. The second-order valence-electron chi connectivity index (χ2n) is 5.13. The highest BCUT2D eigenvalue weighted by Gasteiger charge is 2.31. The van der Waals surface area contributed by atoms with Gasteiger partial charge in [-0.3, -0.25) is 9.59 Å². The van der Waals surface area contributed by atoms with Crippen LogP contribution in [0, 0.1) is 0 Å². The predicted octanol–water partition coefficient (Wildman–Crippen LogP) is 1.53. The standard InChI is InChI=1S/C14H16ClNO5S2/c15-10-1-3-12(4-2-10)23(20,21)9-13(17)16-5-6-22-8-11(16)7-14(18)19/h1-4,11H,5-9H2,(H,18,19). The lowest BCUT2D eigenvalue weighted by atomic mass is 10.2. The normalized spacial score (nSPS) is 18.7. The summed E-state index contributed by atoms with van der Waals surface area (Å²) in [6.07, 6.45) is -0.181. The molecule has 0 aromatic heterocycles. The minimum Gasteiger partial charge on any atom is -0.481 e. The van der Waals surface area contributed by atoms with Gasteiger partial charge in [-0.25, -0.2) is 8.42 Å². The SMILES string of the molecule is O=C(O)CC1CSCCN1C(=O)CS(=O)(=O)c1ccc(Cl)cc1. The van der Waals surface area contributed by atoms with Crippen molar-refractivity contribution in [2.75, 3.05) is 23.8 Å². The van der Waals surface area contributed by atoms with Gasteiger partial charge < -0.3 is 10.0 Å². The quantitative estimate of drug-likeness (QED) is 0.836. The fourth-order valence-electron chi connectivity index (χ4n) is 2.32. The molecule has 1 aliphatic heterocycles. The molecule has 1 saturated heterocycles. The lowest BCUT2D eigenvalue weighted by molar-refractivity contribution is -0.139. The van der Waals surface area contributed by atoms with Crippen LogP contribution in [0.1, 0.15) is 6.42 Å². The average molecular weight is 378 g/mol. The fraction of sp³-hybridized carbons (Fsp3) is 0.429. The van der Waals surface area contributed by atoms with E-state index >= 15 is 0 Å². The molecule has 1 aromatic carbocycles. The number of aliphatic carboxylic acids is 1. The van der Waals surface area contributed by atoms with Gasteiger partial charge in [0.15, 0.2) is 9.84 Å².